The Labute approximate surface area is 220 Å². The number of carbonyl (C=O) groups is 2. The number of para-hydroxylation sites is 2. The van der Waals surface area contributed by atoms with Crippen LogP contribution in [-0.2, 0) is 4.74 Å². The van der Waals surface area contributed by atoms with Crippen LogP contribution in [0.1, 0.15) is 50.4 Å². The second-order valence-electron chi connectivity index (χ2n) is 7.47. The van der Waals surface area contributed by atoms with E-state index in [9.17, 15) is 9.59 Å². The molecule has 2 aromatic heterocycles. The second kappa shape index (κ2) is 13.3. The Morgan fingerprint density at radius 3 is 1.61 bits per heavy atom. The monoisotopic (exact) mass is 486 g/mol. The summed E-state index contributed by atoms with van der Waals surface area (Å²) >= 11 is 0. The van der Waals surface area contributed by atoms with Crippen LogP contribution < -0.4 is 18.9 Å². The summed E-state index contributed by atoms with van der Waals surface area (Å²) in [5.41, 5.74) is 5.32. The molecule has 0 spiro atoms. The number of carboxylic acid groups (broad SMARTS) is 1. The fourth-order valence-corrected chi connectivity index (χ4v) is 3.30. The van der Waals surface area contributed by atoms with Crippen molar-refractivity contribution in [1.82, 2.24) is 30.0 Å². The van der Waals surface area contributed by atoms with Gasteiger partial charge in [-0.15, -0.1) is 10.2 Å². The number of rotatable bonds is 5. The van der Waals surface area contributed by atoms with Gasteiger partial charge in [-0.25, -0.2) is 19.0 Å². The summed E-state index contributed by atoms with van der Waals surface area (Å²) < 4.78 is 8.13. The van der Waals surface area contributed by atoms with E-state index in [1.807, 2.05) is 62.4 Å². The fraction of sp³-hybridized carbons (Fsp3) is 0.250. The van der Waals surface area contributed by atoms with Gasteiger partial charge in [0.1, 0.15) is 0 Å². The third-order valence-corrected chi connectivity index (χ3v) is 5.15. The molecule has 0 fully saturated rings. The van der Waals surface area contributed by atoms with E-state index in [4.69, 9.17) is 9.84 Å². The van der Waals surface area contributed by atoms with Gasteiger partial charge in [0.2, 0.25) is 0 Å². The number of aromatic carboxylic acids is 1. The predicted molar refractivity (Wildman–Crippen MR) is 127 cm³/mol. The second-order valence-corrected chi connectivity index (χ2v) is 7.47. The van der Waals surface area contributed by atoms with Crippen LogP contribution in [0.5, 0.6) is 0 Å². The molecule has 4 rings (SSSR count). The Morgan fingerprint density at radius 2 is 1.22 bits per heavy atom. The van der Waals surface area contributed by atoms with Crippen molar-refractivity contribution < 1.29 is 43.8 Å². The van der Waals surface area contributed by atoms with Gasteiger partial charge in [0, 0.05) is 0 Å². The maximum atomic E-state index is 11.7. The summed E-state index contributed by atoms with van der Waals surface area (Å²) in [7, 11) is 0. The average Bonchev–Trinajstić information content (AvgIpc) is 3.38. The average molecular weight is 486 g/mol. The van der Waals surface area contributed by atoms with Crippen molar-refractivity contribution in [3.63, 3.8) is 0 Å². The Bertz CT molecular complexity index is 1330. The molecule has 0 aliphatic carbocycles. The molecule has 36 heavy (non-hydrogen) atoms. The van der Waals surface area contributed by atoms with Gasteiger partial charge in [0.05, 0.1) is 29.4 Å². The molecule has 2 N–H and O–H groups in total. The molecule has 2 heterocycles. The smallest absolute Gasteiger partial charge is 0.870 e. The first-order chi connectivity index (χ1) is 16.3. The number of aromatic nitrogens is 6. The van der Waals surface area contributed by atoms with E-state index in [2.05, 4.69) is 20.6 Å². The third-order valence-electron chi connectivity index (χ3n) is 5.15. The molecule has 0 saturated heterocycles. The van der Waals surface area contributed by atoms with E-state index in [1.54, 1.807) is 30.1 Å². The molecule has 2 aromatic carbocycles. The van der Waals surface area contributed by atoms with E-state index >= 15 is 0 Å². The van der Waals surface area contributed by atoms with Crippen LogP contribution in [0.25, 0.3) is 11.4 Å². The number of ether oxygens (including phenoxy) is 1. The minimum absolute atomic E-state index is 0. The Morgan fingerprint density at radius 1 is 0.806 bits per heavy atom. The topological polar surface area (TPSA) is 155 Å². The van der Waals surface area contributed by atoms with Crippen molar-refractivity contribution >= 4 is 11.9 Å². The van der Waals surface area contributed by atoms with Crippen molar-refractivity contribution in [1.29, 1.82) is 0 Å². The van der Waals surface area contributed by atoms with Crippen LogP contribution in [-0.4, -0.2) is 59.1 Å². The van der Waals surface area contributed by atoms with Crippen LogP contribution >= 0.6 is 0 Å². The quantitative estimate of drug-likeness (QED) is 0.313. The predicted octanol–water partition coefficient (Wildman–Crippen LogP) is 0.470. The van der Waals surface area contributed by atoms with E-state index in [0.717, 1.165) is 22.5 Å². The molecular formula is C24H27LiN6O5. The molecule has 0 saturated carbocycles. The Balaban J connectivity index is 0.000000343. The summed E-state index contributed by atoms with van der Waals surface area (Å²) in [6.07, 6.45) is 0. The van der Waals surface area contributed by atoms with Crippen LogP contribution in [0, 0.1) is 27.7 Å². The van der Waals surface area contributed by atoms with Crippen molar-refractivity contribution in [2.24, 2.45) is 0 Å². The summed E-state index contributed by atoms with van der Waals surface area (Å²) in [6.45, 7) is 9.51. The molecule has 0 bridgehead atoms. The van der Waals surface area contributed by atoms with Gasteiger partial charge in [0.15, 0.2) is 11.4 Å². The summed E-state index contributed by atoms with van der Waals surface area (Å²) in [6, 6.07) is 15.4. The van der Waals surface area contributed by atoms with Crippen molar-refractivity contribution in [2.75, 3.05) is 6.61 Å². The number of hydrogen-bond acceptors (Lipinski definition) is 8. The van der Waals surface area contributed by atoms with Gasteiger partial charge in [-0.2, -0.15) is 0 Å². The van der Waals surface area contributed by atoms with Gasteiger partial charge >= 0.3 is 30.8 Å². The van der Waals surface area contributed by atoms with E-state index < -0.39 is 11.9 Å². The van der Waals surface area contributed by atoms with E-state index in [0.29, 0.717) is 18.0 Å². The number of benzene rings is 2. The minimum Gasteiger partial charge on any atom is -0.870 e. The molecular weight excluding hydrogens is 459 g/mol. The summed E-state index contributed by atoms with van der Waals surface area (Å²) in [5.74, 6) is -1.49. The molecule has 0 aliphatic rings. The molecule has 184 valence electrons. The molecule has 0 aliphatic heterocycles. The molecule has 4 aromatic rings. The maximum absolute atomic E-state index is 11.7. The third kappa shape index (κ3) is 6.45. The normalized spacial score (nSPS) is 9.81. The largest absolute Gasteiger partial charge is 1.00 e. The Kier molecular flexibility index (Phi) is 11.2. The first-order valence-electron chi connectivity index (χ1n) is 10.6. The molecule has 0 radical (unpaired) electrons. The molecule has 0 atom stereocenters. The van der Waals surface area contributed by atoms with Crippen molar-refractivity contribution in [3.05, 3.63) is 82.4 Å². The van der Waals surface area contributed by atoms with Crippen molar-refractivity contribution in [3.8, 4) is 11.4 Å². The number of esters is 1. The number of carbonyl (C=O) groups excluding carboxylic acids is 1. The molecule has 0 amide bonds. The standard InChI is InChI=1S/C13H15N3O2.C11H11N3O2.Li.H2O/c1-4-18-13(17)12-10(3)16(15-14-12)11-8-6-5-7-9(11)2;1-7-5-3-4-6-9(7)14-8(2)10(11(15)16)12-13-14;;/h5-8H,4H2,1-3H3;3-6H,1-2H3,(H,15,16);;1H2/q;;+1;/p-1. The first-order valence-corrected chi connectivity index (χ1v) is 10.6. The van der Waals surface area contributed by atoms with Crippen LogP contribution in [0.2, 0.25) is 0 Å². The van der Waals surface area contributed by atoms with Crippen LogP contribution in [0.3, 0.4) is 0 Å². The van der Waals surface area contributed by atoms with Crippen LogP contribution in [0.15, 0.2) is 48.5 Å². The van der Waals surface area contributed by atoms with Gasteiger partial charge in [0.25, 0.3) is 0 Å². The maximum Gasteiger partial charge on any atom is 1.00 e. The fourth-order valence-electron chi connectivity index (χ4n) is 3.30. The Hall–Kier alpha value is -3.78. The van der Waals surface area contributed by atoms with E-state index in [1.165, 1.54) is 0 Å². The molecule has 11 nitrogen and oxygen atoms in total. The molecule has 12 heteroatoms. The zero-order chi connectivity index (χ0) is 24.8. The zero-order valence-corrected chi connectivity index (χ0v) is 21.1. The summed E-state index contributed by atoms with van der Waals surface area (Å²) in [4.78, 5) is 22.5. The number of nitrogens with zero attached hydrogens (tertiary/aromatic N) is 6. The van der Waals surface area contributed by atoms with Crippen molar-refractivity contribution in [2.45, 2.75) is 34.6 Å². The van der Waals surface area contributed by atoms with Crippen LogP contribution in [0.4, 0.5) is 0 Å². The van der Waals surface area contributed by atoms with Gasteiger partial charge < -0.3 is 15.3 Å². The zero-order valence-electron chi connectivity index (χ0n) is 21.1. The summed E-state index contributed by atoms with van der Waals surface area (Å²) in [5, 5.41) is 24.3. The van der Waals surface area contributed by atoms with Gasteiger partial charge in [-0.05, 0) is 57.9 Å². The number of aryl methyl sites for hydroxylation is 2. The van der Waals surface area contributed by atoms with Gasteiger partial charge in [-0.3, -0.25) is 0 Å². The van der Waals surface area contributed by atoms with Gasteiger partial charge in [-0.1, -0.05) is 46.8 Å². The molecule has 0 unspecified atom stereocenters. The number of hydrogen-bond donors (Lipinski definition) is 1. The number of carboxylic acids is 1. The SMILES string of the molecule is CCOC(=O)c1nnn(-c2ccccc2C)c1C.Cc1ccccc1-n1nnc(C(=O)O)c1C.[Li+].[OH-]. The first kappa shape index (κ1) is 30.2. The minimum atomic E-state index is -1.06. The van der Waals surface area contributed by atoms with E-state index in [-0.39, 0.29) is 35.7 Å².